The van der Waals surface area contributed by atoms with Crippen molar-refractivity contribution in [3.8, 4) is 11.4 Å². The van der Waals surface area contributed by atoms with Gasteiger partial charge in [-0.05, 0) is 36.6 Å². The van der Waals surface area contributed by atoms with E-state index in [2.05, 4.69) is 9.97 Å². The molecular formula is C23H19F6N3O2. The van der Waals surface area contributed by atoms with Crippen LogP contribution in [0.3, 0.4) is 0 Å². The molecule has 1 aromatic heterocycles. The number of halogens is 6. The molecule has 0 spiro atoms. The summed E-state index contributed by atoms with van der Waals surface area (Å²) in [7, 11) is 0. The maximum absolute atomic E-state index is 13.2. The molecule has 1 aliphatic heterocycles. The van der Waals surface area contributed by atoms with Crippen molar-refractivity contribution in [3.63, 3.8) is 0 Å². The van der Waals surface area contributed by atoms with E-state index in [4.69, 9.17) is 4.74 Å². The zero-order valence-electron chi connectivity index (χ0n) is 17.6. The van der Waals surface area contributed by atoms with E-state index >= 15 is 0 Å². The topological polar surface area (TPSA) is 58.2 Å². The molecule has 1 atom stereocenters. The van der Waals surface area contributed by atoms with Crippen LogP contribution >= 0.6 is 0 Å². The van der Waals surface area contributed by atoms with Gasteiger partial charge in [0.15, 0.2) is 0 Å². The van der Waals surface area contributed by atoms with Crippen molar-refractivity contribution in [3.05, 3.63) is 77.1 Å². The number of ether oxygens (including phenoxy) is 1. The number of carbonyl (C=O) groups is 1. The highest BCUT2D eigenvalue weighted by Gasteiger charge is 2.38. The number of imidazole rings is 1. The van der Waals surface area contributed by atoms with Gasteiger partial charge in [-0.1, -0.05) is 30.3 Å². The molecule has 34 heavy (non-hydrogen) atoms. The number of hydrogen-bond acceptors (Lipinski definition) is 3. The van der Waals surface area contributed by atoms with E-state index in [0.717, 1.165) is 5.56 Å². The normalized spacial score (nSPS) is 16.6. The number of H-pyrrole nitrogens is 1. The maximum atomic E-state index is 13.2. The van der Waals surface area contributed by atoms with Gasteiger partial charge in [-0.25, -0.2) is 9.78 Å². The third kappa shape index (κ3) is 5.18. The fourth-order valence-corrected chi connectivity index (χ4v) is 3.84. The van der Waals surface area contributed by atoms with Crippen molar-refractivity contribution in [1.29, 1.82) is 0 Å². The van der Waals surface area contributed by atoms with E-state index in [1.165, 1.54) is 11.1 Å². The Morgan fingerprint density at radius 1 is 1.03 bits per heavy atom. The van der Waals surface area contributed by atoms with Gasteiger partial charge in [0.25, 0.3) is 0 Å². The Kier molecular flexibility index (Phi) is 6.28. The number of hydrogen-bond donors (Lipinski definition) is 1. The number of amides is 1. The van der Waals surface area contributed by atoms with E-state index in [9.17, 15) is 31.1 Å². The molecule has 5 nitrogen and oxygen atoms in total. The highest BCUT2D eigenvalue weighted by Crippen LogP contribution is 2.39. The van der Waals surface area contributed by atoms with E-state index in [1.54, 1.807) is 12.1 Å². The van der Waals surface area contributed by atoms with E-state index in [-0.39, 0.29) is 24.1 Å². The summed E-state index contributed by atoms with van der Waals surface area (Å²) >= 11 is 0. The minimum Gasteiger partial charge on any atom is -0.445 e. The van der Waals surface area contributed by atoms with Crippen LogP contribution in [0, 0.1) is 0 Å². The van der Waals surface area contributed by atoms with Crippen molar-refractivity contribution in [2.24, 2.45) is 0 Å². The maximum Gasteiger partial charge on any atom is 0.416 e. The fraction of sp³-hybridized carbons (Fsp3) is 0.304. The number of nitrogens with one attached hydrogen (secondary N) is 1. The lowest BCUT2D eigenvalue weighted by Gasteiger charge is -2.22. The first kappa shape index (κ1) is 23.7. The highest BCUT2D eigenvalue weighted by molar-refractivity contribution is 5.69. The molecule has 180 valence electrons. The predicted molar refractivity (Wildman–Crippen MR) is 109 cm³/mol. The molecule has 0 unspecified atom stereocenters. The van der Waals surface area contributed by atoms with Gasteiger partial charge in [0.2, 0.25) is 0 Å². The van der Waals surface area contributed by atoms with Crippen molar-refractivity contribution < 1.29 is 35.9 Å². The Morgan fingerprint density at radius 2 is 1.68 bits per heavy atom. The van der Waals surface area contributed by atoms with Crippen LogP contribution in [0.4, 0.5) is 31.1 Å². The number of benzene rings is 2. The number of nitrogens with zero attached hydrogens (tertiary/aromatic N) is 2. The SMILES string of the molecule is O=C(OCc1ccccc1)N1CCC[C@H]1c1c[nH]c(-c2cc(C(F)(F)F)cc(C(F)(F)F)c2)n1. The Balaban J connectivity index is 1.56. The number of carbonyl (C=O) groups excluding carboxylic acids is 1. The number of aromatic nitrogens is 2. The first-order valence-electron chi connectivity index (χ1n) is 10.3. The van der Waals surface area contributed by atoms with Crippen molar-refractivity contribution in [2.75, 3.05) is 6.54 Å². The quantitative estimate of drug-likeness (QED) is 0.426. The standard InChI is InChI=1S/C23H19F6N3O2/c24-22(25,26)16-9-15(10-17(11-16)23(27,28)29)20-30-12-18(31-20)19-7-4-8-32(19)21(33)34-13-14-5-2-1-3-6-14/h1-3,5-6,9-12,19H,4,7-8,13H2,(H,30,31)/t19-/m0/s1. The average molecular weight is 483 g/mol. The molecule has 1 amide bonds. The first-order valence-corrected chi connectivity index (χ1v) is 10.3. The molecule has 1 aliphatic rings. The van der Waals surface area contributed by atoms with Crippen molar-refractivity contribution >= 4 is 6.09 Å². The minimum absolute atomic E-state index is 0.0643. The molecule has 2 heterocycles. The summed E-state index contributed by atoms with van der Waals surface area (Å²) in [5.74, 6) is -0.156. The molecule has 1 N–H and O–H groups in total. The van der Waals surface area contributed by atoms with Crippen molar-refractivity contribution in [2.45, 2.75) is 37.8 Å². The second kappa shape index (κ2) is 9.03. The second-order valence-electron chi connectivity index (χ2n) is 7.86. The van der Waals surface area contributed by atoms with E-state index < -0.39 is 35.6 Å². The average Bonchev–Trinajstić information content (AvgIpc) is 3.46. The Hall–Kier alpha value is -3.50. The molecular weight excluding hydrogens is 464 g/mol. The van der Waals surface area contributed by atoms with Gasteiger partial charge in [0.1, 0.15) is 12.4 Å². The lowest BCUT2D eigenvalue weighted by atomic mass is 10.0. The van der Waals surface area contributed by atoms with Crippen LogP contribution in [0.25, 0.3) is 11.4 Å². The van der Waals surface area contributed by atoms with Crippen LogP contribution in [0.15, 0.2) is 54.7 Å². The van der Waals surface area contributed by atoms with Gasteiger partial charge < -0.3 is 9.72 Å². The summed E-state index contributed by atoms with van der Waals surface area (Å²) in [5.41, 5.74) is -2.08. The van der Waals surface area contributed by atoms with Crippen molar-refractivity contribution in [1.82, 2.24) is 14.9 Å². The number of aromatic amines is 1. The first-order chi connectivity index (χ1) is 16.0. The van der Waals surface area contributed by atoms with Crippen LogP contribution < -0.4 is 0 Å². The van der Waals surface area contributed by atoms with Gasteiger partial charge in [0, 0.05) is 18.3 Å². The molecule has 3 aromatic rings. The smallest absolute Gasteiger partial charge is 0.416 e. The summed E-state index contributed by atoms with van der Waals surface area (Å²) < 4.78 is 84.5. The van der Waals surface area contributed by atoms with E-state index in [0.29, 0.717) is 37.2 Å². The van der Waals surface area contributed by atoms with Crippen LogP contribution in [0.2, 0.25) is 0 Å². The molecule has 0 bridgehead atoms. The summed E-state index contributed by atoms with van der Waals surface area (Å²) in [6.45, 7) is 0.460. The molecule has 11 heteroatoms. The molecule has 1 fully saturated rings. The number of alkyl halides is 6. The third-order valence-electron chi connectivity index (χ3n) is 5.49. The lowest BCUT2D eigenvalue weighted by molar-refractivity contribution is -0.143. The van der Waals surface area contributed by atoms with Crippen LogP contribution in [0.5, 0.6) is 0 Å². The number of likely N-dealkylation sites (tertiary alicyclic amines) is 1. The monoisotopic (exact) mass is 483 g/mol. The summed E-state index contributed by atoms with van der Waals surface area (Å²) in [6.07, 6.45) is -7.94. The van der Waals surface area contributed by atoms with Crippen LogP contribution in [-0.4, -0.2) is 27.5 Å². The predicted octanol–water partition coefficient (Wildman–Crippen LogP) is 6.59. The molecule has 0 aliphatic carbocycles. The zero-order chi connectivity index (χ0) is 24.5. The minimum atomic E-state index is -4.96. The van der Waals surface area contributed by atoms with E-state index in [1.807, 2.05) is 18.2 Å². The van der Waals surface area contributed by atoms with Crippen LogP contribution in [0.1, 0.15) is 41.3 Å². The third-order valence-corrected chi connectivity index (χ3v) is 5.49. The molecule has 1 saturated heterocycles. The number of rotatable bonds is 4. The summed E-state index contributed by atoms with van der Waals surface area (Å²) in [5, 5.41) is 0. The molecule has 4 rings (SSSR count). The zero-order valence-corrected chi connectivity index (χ0v) is 17.6. The van der Waals surface area contributed by atoms with Gasteiger partial charge >= 0.3 is 18.4 Å². The van der Waals surface area contributed by atoms with Gasteiger partial charge in [-0.2, -0.15) is 26.3 Å². The highest BCUT2D eigenvalue weighted by atomic mass is 19.4. The summed E-state index contributed by atoms with van der Waals surface area (Å²) in [4.78, 5) is 20.9. The van der Waals surface area contributed by atoms with Gasteiger partial charge in [-0.15, -0.1) is 0 Å². The van der Waals surface area contributed by atoms with Gasteiger partial charge in [0.05, 0.1) is 22.9 Å². The molecule has 2 aromatic carbocycles. The Bertz CT molecular complexity index is 1130. The Labute approximate surface area is 190 Å². The molecule has 0 saturated carbocycles. The van der Waals surface area contributed by atoms with Gasteiger partial charge in [-0.3, -0.25) is 4.90 Å². The fourth-order valence-electron chi connectivity index (χ4n) is 3.84. The second-order valence-corrected chi connectivity index (χ2v) is 7.86. The Morgan fingerprint density at radius 3 is 2.29 bits per heavy atom. The largest absolute Gasteiger partial charge is 0.445 e. The molecule has 0 radical (unpaired) electrons. The summed E-state index contributed by atoms with van der Waals surface area (Å²) in [6, 6.07) is 9.83. The lowest BCUT2D eigenvalue weighted by Crippen LogP contribution is -2.31. The van der Waals surface area contributed by atoms with Crippen LogP contribution in [-0.2, 0) is 23.7 Å².